The van der Waals surface area contributed by atoms with E-state index in [4.69, 9.17) is 0 Å². The van der Waals surface area contributed by atoms with Gasteiger partial charge in [0.05, 0.1) is 12.8 Å². The van der Waals surface area contributed by atoms with Crippen molar-refractivity contribution in [1.29, 1.82) is 0 Å². The molecule has 2 rings (SSSR count). The van der Waals surface area contributed by atoms with Crippen molar-refractivity contribution in [3.63, 3.8) is 0 Å². The second kappa shape index (κ2) is 7.78. The van der Waals surface area contributed by atoms with Crippen molar-refractivity contribution in [1.82, 2.24) is 5.43 Å². The van der Waals surface area contributed by atoms with Crippen molar-refractivity contribution in [2.75, 3.05) is 11.9 Å². The molecular weight excluding hydrogens is 358 g/mol. The van der Waals surface area contributed by atoms with Gasteiger partial charge in [0.2, 0.25) is 0 Å². The molecule has 0 aliphatic heterocycles. The van der Waals surface area contributed by atoms with Crippen LogP contribution in [-0.4, -0.2) is 23.8 Å². The molecule has 0 radical (unpaired) electrons. The van der Waals surface area contributed by atoms with E-state index in [0.717, 1.165) is 21.3 Å². The Balaban J connectivity index is 1.89. The zero-order valence-corrected chi connectivity index (χ0v) is 14.5. The number of carbonyl (C=O) groups excluding carboxylic acids is 1. The fourth-order valence-corrected chi connectivity index (χ4v) is 2.60. The van der Waals surface area contributed by atoms with Crippen LogP contribution < -0.4 is 10.7 Å². The minimum Gasteiger partial charge on any atom is -0.507 e. The van der Waals surface area contributed by atoms with Crippen LogP contribution in [0.25, 0.3) is 0 Å². The first-order chi connectivity index (χ1) is 11.0. The minimum atomic E-state index is -0.269. The number of nitrogens with zero attached hydrogens (tertiary/aromatic N) is 1. The SMILES string of the molecule is Cc1cccc(NCC(=O)N/N=C/c2cc(Br)cc(C)c2O)c1. The molecule has 2 aromatic carbocycles. The van der Waals surface area contributed by atoms with Crippen LogP contribution in [0, 0.1) is 13.8 Å². The van der Waals surface area contributed by atoms with Crippen molar-refractivity contribution >= 4 is 33.7 Å². The summed E-state index contributed by atoms with van der Waals surface area (Å²) < 4.78 is 0.835. The van der Waals surface area contributed by atoms with Crippen LogP contribution in [0.1, 0.15) is 16.7 Å². The second-order valence-electron chi connectivity index (χ2n) is 5.18. The Labute approximate surface area is 143 Å². The number of aryl methyl sites for hydroxylation is 2. The lowest BCUT2D eigenvalue weighted by Crippen LogP contribution is -2.25. The van der Waals surface area contributed by atoms with Gasteiger partial charge >= 0.3 is 0 Å². The molecule has 0 bridgehead atoms. The van der Waals surface area contributed by atoms with Gasteiger partial charge in [0.1, 0.15) is 5.75 Å². The number of hydrazone groups is 1. The van der Waals surface area contributed by atoms with Crippen LogP contribution in [0.15, 0.2) is 46.0 Å². The zero-order valence-electron chi connectivity index (χ0n) is 12.9. The number of phenols is 1. The van der Waals surface area contributed by atoms with Crippen LogP contribution in [0.2, 0.25) is 0 Å². The molecule has 0 heterocycles. The van der Waals surface area contributed by atoms with Crippen molar-refractivity contribution in [2.24, 2.45) is 5.10 Å². The van der Waals surface area contributed by atoms with Gasteiger partial charge in [-0.3, -0.25) is 4.79 Å². The molecule has 0 saturated carbocycles. The molecule has 6 heteroatoms. The highest BCUT2D eigenvalue weighted by Crippen LogP contribution is 2.25. The van der Waals surface area contributed by atoms with E-state index in [0.29, 0.717) is 5.56 Å². The van der Waals surface area contributed by atoms with Gasteiger partial charge in [-0.25, -0.2) is 5.43 Å². The summed E-state index contributed by atoms with van der Waals surface area (Å²) in [5.74, 6) is -0.127. The molecular formula is C17H18BrN3O2. The van der Waals surface area contributed by atoms with Crippen molar-refractivity contribution in [3.8, 4) is 5.75 Å². The van der Waals surface area contributed by atoms with Crippen LogP contribution in [0.3, 0.4) is 0 Å². The van der Waals surface area contributed by atoms with Gasteiger partial charge in [-0.1, -0.05) is 28.1 Å². The topological polar surface area (TPSA) is 73.7 Å². The summed E-state index contributed by atoms with van der Waals surface area (Å²) in [6, 6.07) is 11.3. The third kappa shape index (κ3) is 5.10. The standard InChI is InChI=1S/C17H18BrN3O2/c1-11-4-3-5-15(6-11)19-10-16(22)21-20-9-13-8-14(18)7-12(2)17(13)23/h3-9,19,23H,10H2,1-2H3,(H,21,22)/b20-9+. The predicted molar refractivity (Wildman–Crippen MR) is 95.9 cm³/mol. The van der Waals surface area contributed by atoms with Crippen molar-refractivity contribution in [2.45, 2.75) is 13.8 Å². The number of halogens is 1. The maximum atomic E-state index is 11.8. The third-order valence-corrected chi connectivity index (χ3v) is 3.62. The molecule has 120 valence electrons. The lowest BCUT2D eigenvalue weighted by molar-refractivity contribution is -0.119. The zero-order chi connectivity index (χ0) is 16.8. The van der Waals surface area contributed by atoms with Gasteiger partial charge in [0.25, 0.3) is 5.91 Å². The summed E-state index contributed by atoms with van der Waals surface area (Å²) in [6.07, 6.45) is 1.41. The molecule has 0 aliphatic rings. The molecule has 0 fully saturated rings. The quantitative estimate of drug-likeness (QED) is 0.554. The average molecular weight is 376 g/mol. The molecule has 0 aromatic heterocycles. The predicted octanol–water partition coefficient (Wildman–Crippen LogP) is 3.33. The fraction of sp³-hybridized carbons (Fsp3) is 0.176. The van der Waals surface area contributed by atoms with Gasteiger partial charge in [-0.2, -0.15) is 5.10 Å². The lowest BCUT2D eigenvalue weighted by Gasteiger charge is -2.06. The van der Waals surface area contributed by atoms with E-state index in [9.17, 15) is 9.90 Å². The Morgan fingerprint density at radius 1 is 1.30 bits per heavy atom. The van der Waals surface area contributed by atoms with E-state index in [1.807, 2.05) is 31.2 Å². The number of phenolic OH excluding ortho intramolecular Hbond substituents is 1. The van der Waals surface area contributed by atoms with Crippen molar-refractivity contribution < 1.29 is 9.90 Å². The van der Waals surface area contributed by atoms with Crippen LogP contribution >= 0.6 is 15.9 Å². The van der Waals surface area contributed by atoms with Gasteiger partial charge in [-0.05, 0) is 49.2 Å². The van der Waals surface area contributed by atoms with Gasteiger partial charge in [0, 0.05) is 15.7 Å². The molecule has 0 spiro atoms. The molecule has 23 heavy (non-hydrogen) atoms. The van der Waals surface area contributed by atoms with E-state index in [1.54, 1.807) is 19.1 Å². The van der Waals surface area contributed by atoms with E-state index in [2.05, 4.69) is 31.8 Å². The highest BCUT2D eigenvalue weighted by Gasteiger charge is 2.04. The lowest BCUT2D eigenvalue weighted by atomic mass is 10.1. The number of rotatable bonds is 5. The number of amides is 1. The van der Waals surface area contributed by atoms with Crippen LogP contribution in [0.5, 0.6) is 5.75 Å². The van der Waals surface area contributed by atoms with Gasteiger partial charge in [-0.15, -0.1) is 0 Å². The van der Waals surface area contributed by atoms with Gasteiger partial charge in [0.15, 0.2) is 0 Å². The first kappa shape index (κ1) is 17.0. The molecule has 2 aromatic rings. The number of hydrogen-bond acceptors (Lipinski definition) is 4. The minimum absolute atomic E-state index is 0.115. The van der Waals surface area contributed by atoms with Crippen LogP contribution in [-0.2, 0) is 4.79 Å². The Bertz CT molecular complexity index is 745. The second-order valence-corrected chi connectivity index (χ2v) is 6.09. The van der Waals surface area contributed by atoms with E-state index < -0.39 is 0 Å². The summed E-state index contributed by atoms with van der Waals surface area (Å²) in [4.78, 5) is 11.8. The summed E-state index contributed by atoms with van der Waals surface area (Å²) in [5.41, 5.74) is 5.68. The molecule has 0 saturated heterocycles. The normalized spacial score (nSPS) is 10.7. The van der Waals surface area contributed by atoms with Crippen molar-refractivity contribution in [3.05, 3.63) is 57.6 Å². The number of benzene rings is 2. The molecule has 3 N–H and O–H groups in total. The number of nitrogens with one attached hydrogen (secondary N) is 2. The van der Waals surface area contributed by atoms with Gasteiger partial charge < -0.3 is 10.4 Å². The Hall–Kier alpha value is -2.34. The number of carbonyl (C=O) groups is 1. The largest absolute Gasteiger partial charge is 0.507 e. The first-order valence-electron chi connectivity index (χ1n) is 7.07. The molecule has 0 aliphatic carbocycles. The first-order valence-corrected chi connectivity index (χ1v) is 7.86. The Kier molecular flexibility index (Phi) is 5.76. The third-order valence-electron chi connectivity index (χ3n) is 3.16. The number of aromatic hydroxyl groups is 1. The summed E-state index contributed by atoms with van der Waals surface area (Å²) >= 11 is 3.35. The van der Waals surface area contributed by atoms with Crippen LogP contribution in [0.4, 0.5) is 5.69 Å². The Morgan fingerprint density at radius 3 is 2.83 bits per heavy atom. The van der Waals surface area contributed by atoms with E-state index in [1.165, 1.54) is 6.21 Å². The molecule has 0 unspecified atom stereocenters. The fourth-order valence-electron chi connectivity index (χ4n) is 2.01. The maximum absolute atomic E-state index is 11.8. The van der Waals surface area contributed by atoms with E-state index in [-0.39, 0.29) is 18.2 Å². The maximum Gasteiger partial charge on any atom is 0.259 e. The highest BCUT2D eigenvalue weighted by atomic mass is 79.9. The molecule has 1 amide bonds. The Morgan fingerprint density at radius 2 is 2.09 bits per heavy atom. The highest BCUT2D eigenvalue weighted by molar-refractivity contribution is 9.10. The number of hydrogen-bond donors (Lipinski definition) is 3. The monoisotopic (exact) mass is 375 g/mol. The summed E-state index contributed by atoms with van der Waals surface area (Å²) in [5, 5.41) is 16.8. The summed E-state index contributed by atoms with van der Waals surface area (Å²) in [6.45, 7) is 3.90. The molecule has 5 nitrogen and oxygen atoms in total. The smallest absolute Gasteiger partial charge is 0.259 e. The number of anilines is 1. The average Bonchev–Trinajstić information content (AvgIpc) is 2.50. The summed E-state index contributed by atoms with van der Waals surface area (Å²) in [7, 11) is 0. The molecule has 0 atom stereocenters. The van der Waals surface area contributed by atoms with E-state index >= 15 is 0 Å².